The highest BCUT2D eigenvalue weighted by atomic mass is 15.2. The second kappa shape index (κ2) is 9.16. The SMILES string of the molecule is c1ccc(C(c2ccccc2)(c2ccccc2)N2CCNCCNCC2)cc1. The van der Waals surface area contributed by atoms with E-state index in [9.17, 15) is 0 Å². The maximum absolute atomic E-state index is 3.58. The fraction of sp³-hybridized carbons (Fsp3) is 0.280. The van der Waals surface area contributed by atoms with E-state index in [2.05, 4.69) is 107 Å². The molecule has 3 aromatic carbocycles. The summed E-state index contributed by atoms with van der Waals surface area (Å²) >= 11 is 0. The van der Waals surface area contributed by atoms with Crippen LogP contribution in [-0.2, 0) is 5.54 Å². The summed E-state index contributed by atoms with van der Waals surface area (Å²) in [6.45, 7) is 5.97. The van der Waals surface area contributed by atoms with Crippen molar-refractivity contribution in [2.24, 2.45) is 0 Å². The lowest BCUT2D eigenvalue weighted by Gasteiger charge is -2.46. The van der Waals surface area contributed by atoms with Crippen LogP contribution in [0.3, 0.4) is 0 Å². The molecule has 0 radical (unpaired) electrons. The first-order valence-electron chi connectivity index (χ1n) is 10.3. The normalized spacial score (nSPS) is 16.7. The van der Waals surface area contributed by atoms with Gasteiger partial charge in [0.15, 0.2) is 0 Å². The molecule has 1 heterocycles. The molecule has 2 N–H and O–H groups in total. The van der Waals surface area contributed by atoms with Gasteiger partial charge in [-0.2, -0.15) is 0 Å². The molecule has 0 bridgehead atoms. The van der Waals surface area contributed by atoms with Crippen LogP contribution < -0.4 is 10.6 Å². The summed E-state index contributed by atoms with van der Waals surface area (Å²) in [6.07, 6.45) is 0. The van der Waals surface area contributed by atoms with Crippen molar-refractivity contribution in [3.8, 4) is 0 Å². The van der Waals surface area contributed by atoms with Crippen molar-refractivity contribution in [3.63, 3.8) is 0 Å². The minimum absolute atomic E-state index is 0.322. The Morgan fingerprint density at radius 1 is 0.500 bits per heavy atom. The van der Waals surface area contributed by atoms with Gasteiger partial charge < -0.3 is 10.6 Å². The summed E-state index contributed by atoms with van der Waals surface area (Å²) in [5.74, 6) is 0. The Morgan fingerprint density at radius 3 is 1.21 bits per heavy atom. The van der Waals surface area contributed by atoms with Crippen LogP contribution in [0.15, 0.2) is 91.0 Å². The van der Waals surface area contributed by atoms with E-state index in [1.807, 2.05) is 0 Å². The predicted molar refractivity (Wildman–Crippen MR) is 117 cm³/mol. The van der Waals surface area contributed by atoms with Gasteiger partial charge in [-0.3, -0.25) is 4.90 Å². The lowest BCUT2D eigenvalue weighted by molar-refractivity contribution is 0.162. The summed E-state index contributed by atoms with van der Waals surface area (Å²) in [6, 6.07) is 32.9. The van der Waals surface area contributed by atoms with E-state index in [-0.39, 0.29) is 5.54 Å². The second-order valence-electron chi connectivity index (χ2n) is 7.30. The van der Waals surface area contributed by atoms with Crippen LogP contribution >= 0.6 is 0 Å². The molecule has 0 unspecified atom stereocenters. The highest BCUT2D eigenvalue weighted by molar-refractivity contribution is 5.49. The van der Waals surface area contributed by atoms with E-state index in [0.29, 0.717) is 0 Å². The molecule has 3 aromatic rings. The van der Waals surface area contributed by atoms with Crippen LogP contribution in [0.25, 0.3) is 0 Å². The molecule has 0 aliphatic carbocycles. The molecule has 1 fully saturated rings. The van der Waals surface area contributed by atoms with Gasteiger partial charge in [-0.15, -0.1) is 0 Å². The second-order valence-corrected chi connectivity index (χ2v) is 7.30. The van der Waals surface area contributed by atoms with Crippen molar-refractivity contribution in [2.45, 2.75) is 5.54 Å². The molecule has 1 saturated heterocycles. The van der Waals surface area contributed by atoms with Crippen molar-refractivity contribution < 1.29 is 0 Å². The van der Waals surface area contributed by atoms with Crippen LogP contribution in [0.1, 0.15) is 16.7 Å². The number of nitrogens with one attached hydrogen (secondary N) is 2. The quantitative estimate of drug-likeness (QED) is 0.688. The number of benzene rings is 3. The van der Waals surface area contributed by atoms with Crippen molar-refractivity contribution in [3.05, 3.63) is 108 Å². The molecule has 3 heteroatoms. The number of hydrogen-bond donors (Lipinski definition) is 2. The third kappa shape index (κ3) is 3.74. The molecule has 1 aliphatic heterocycles. The molecular weight excluding hydrogens is 342 g/mol. The van der Waals surface area contributed by atoms with Crippen molar-refractivity contribution >= 4 is 0 Å². The first-order chi connectivity index (χ1) is 13.9. The van der Waals surface area contributed by atoms with Crippen molar-refractivity contribution in [2.75, 3.05) is 39.3 Å². The smallest absolute Gasteiger partial charge is 0.0973 e. The minimum Gasteiger partial charge on any atom is -0.314 e. The van der Waals surface area contributed by atoms with E-state index in [1.54, 1.807) is 0 Å². The van der Waals surface area contributed by atoms with Gasteiger partial charge in [-0.1, -0.05) is 91.0 Å². The van der Waals surface area contributed by atoms with Crippen molar-refractivity contribution in [1.82, 2.24) is 15.5 Å². The van der Waals surface area contributed by atoms with Gasteiger partial charge in [0.2, 0.25) is 0 Å². The molecule has 1 aliphatic rings. The van der Waals surface area contributed by atoms with Crippen LogP contribution in [0.5, 0.6) is 0 Å². The average Bonchev–Trinajstić information content (AvgIpc) is 2.91. The Bertz CT molecular complexity index is 727. The Balaban J connectivity index is 1.94. The van der Waals surface area contributed by atoms with Gasteiger partial charge in [0.05, 0.1) is 5.54 Å². The summed E-state index contributed by atoms with van der Waals surface area (Å²) in [7, 11) is 0. The molecule has 0 aromatic heterocycles. The lowest BCUT2D eigenvalue weighted by Crippen LogP contribution is -2.51. The lowest BCUT2D eigenvalue weighted by atomic mass is 9.75. The van der Waals surface area contributed by atoms with E-state index < -0.39 is 0 Å². The molecule has 0 spiro atoms. The first kappa shape index (κ1) is 18.9. The molecule has 144 valence electrons. The predicted octanol–water partition coefficient (Wildman–Crippen LogP) is 3.47. The van der Waals surface area contributed by atoms with Gasteiger partial charge in [0.25, 0.3) is 0 Å². The van der Waals surface area contributed by atoms with Gasteiger partial charge in [0, 0.05) is 39.3 Å². The molecule has 0 amide bonds. The Kier molecular flexibility index (Phi) is 6.17. The zero-order valence-corrected chi connectivity index (χ0v) is 16.4. The zero-order chi connectivity index (χ0) is 19.1. The minimum atomic E-state index is -0.322. The summed E-state index contributed by atoms with van der Waals surface area (Å²) in [5, 5.41) is 7.16. The summed E-state index contributed by atoms with van der Waals surface area (Å²) < 4.78 is 0. The van der Waals surface area contributed by atoms with Gasteiger partial charge >= 0.3 is 0 Å². The maximum Gasteiger partial charge on any atom is 0.0973 e. The topological polar surface area (TPSA) is 27.3 Å². The Hall–Kier alpha value is -2.46. The molecule has 0 atom stereocenters. The van der Waals surface area contributed by atoms with Gasteiger partial charge in [-0.05, 0) is 16.7 Å². The number of hydrogen-bond acceptors (Lipinski definition) is 3. The zero-order valence-electron chi connectivity index (χ0n) is 16.4. The maximum atomic E-state index is 3.58. The molecular formula is C25H29N3. The van der Waals surface area contributed by atoms with E-state index >= 15 is 0 Å². The number of rotatable bonds is 4. The van der Waals surface area contributed by atoms with Crippen LogP contribution in [0.4, 0.5) is 0 Å². The van der Waals surface area contributed by atoms with Gasteiger partial charge in [0.1, 0.15) is 0 Å². The molecule has 28 heavy (non-hydrogen) atoms. The average molecular weight is 372 g/mol. The van der Waals surface area contributed by atoms with Crippen molar-refractivity contribution in [1.29, 1.82) is 0 Å². The van der Waals surface area contributed by atoms with E-state index in [4.69, 9.17) is 0 Å². The summed E-state index contributed by atoms with van der Waals surface area (Å²) in [4.78, 5) is 2.64. The largest absolute Gasteiger partial charge is 0.314 e. The van der Waals surface area contributed by atoms with Crippen LogP contribution in [0, 0.1) is 0 Å². The highest BCUT2D eigenvalue weighted by Crippen LogP contribution is 2.42. The monoisotopic (exact) mass is 371 g/mol. The third-order valence-corrected chi connectivity index (χ3v) is 5.64. The Labute approximate surface area is 168 Å². The van der Waals surface area contributed by atoms with Crippen LogP contribution in [0.2, 0.25) is 0 Å². The summed E-state index contributed by atoms with van der Waals surface area (Å²) in [5.41, 5.74) is 3.61. The highest BCUT2D eigenvalue weighted by Gasteiger charge is 2.41. The molecule has 4 rings (SSSR count). The molecule has 3 nitrogen and oxygen atoms in total. The number of nitrogens with zero attached hydrogens (tertiary/aromatic N) is 1. The third-order valence-electron chi connectivity index (χ3n) is 5.64. The standard InChI is InChI=1S/C25H29N3/c1-4-10-22(11-5-1)25(23-12-6-2-7-13-23,24-14-8-3-9-15-24)28-20-18-26-16-17-27-19-21-28/h1-15,26-27H,16-21H2. The van der Waals surface area contributed by atoms with E-state index in [1.165, 1.54) is 16.7 Å². The van der Waals surface area contributed by atoms with E-state index in [0.717, 1.165) is 39.3 Å². The van der Waals surface area contributed by atoms with Gasteiger partial charge in [-0.25, -0.2) is 0 Å². The Morgan fingerprint density at radius 2 is 0.857 bits per heavy atom. The fourth-order valence-electron chi connectivity index (χ4n) is 4.39. The molecule has 0 saturated carbocycles. The van der Waals surface area contributed by atoms with Crippen LogP contribution in [-0.4, -0.2) is 44.2 Å². The fourth-order valence-corrected chi connectivity index (χ4v) is 4.39. The first-order valence-corrected chi connectivity index (χ1v) is 10.3.